The molecule has 5 nitrogen and oxygen atoms in total. The molecule has 22 heavy (non-hydrogen) atoms. The number of Topliss-reactive ketones (excluding diaryl/α,β-unsaturated/α-hetero) is 1. The van der Waals surface area contributed by atoms with Gasteiger partial charge in [-0.3, -0.25) is 14.5 Å². The van der Waals surface area contributed by atoms with Crippen molar-refractivity contribution in [2.45, 2.75) is 19.0 Å². The molecule has 5 heteroatoms. The van der Waals surface area contributed by atoms with Crippen molar-refractivity contribution in [3.63, 3.8) is 0 Å². The number of rotatable bonds is 5. The molecule has 2 heterocycles. The lowest BCUT2D eigenvalue weighted by molar-refractivity contribution is 0.0713. The normalized spacial score (nSPS) is 16.4. The van der Waals surface area contributed by atoms with Crippen molar-refractivity contribution in [1.82, 2.24) is 10.2 Å². The Hall–Kier alpha value is -2.40. The van der Waals surface area contributed by atoms with Crippen LogP contribution < -0.4 is 5.32 Å². The smallest absolute Gasteiger partial charge is 0.288 e. The second kappa shape index (κ2) is 6.58. The van der Waals surface area contributed by atoms with Crippen molar-refractivity contribution in [3.8, 4) is 0 Å². The molecule has 0 spiro atoms. The van der Waals surface area contributed by atoms with Crippen LogP contribution in [0.2, 0.25) is 0 Å². The zero-order chi connectivity index (χ0) is 15.4. The van der Waals surface area contributed by atoms with E-state index in [1.165, 1.54) is 6.26 Å². The maximum atomic E-state index is 12.7. The first kappa shape index (κ1) is 14.5. The number of nitrogens with zero attached hydrogens (tertiary/aromatic N) is 1. The lowest BCUT2D eigenvalue weighted by Crippen LogP contribution is -2.52. The van der Waals surface area contributed by atoms with E-state index in [2.05, 4.69) is 5.32 Å². The fourth-order valence-corrected chi connectivity index (χ4v) is 2.69. The van der Waals surface area contributed by atoms with Gasteiger partial charge in [0.05, 0.1) is 6.26 Å². The SMILES string of the molecule is O=C(N[C@H](C(=O)c1ccccc1)N1CCCC1)c1ccco1. The summed E-state index contributed by atoms with van der Waals surface area (Å²) in [4.78, 5) is 27.0. The first-order valence-corrected chi connectivity index (χ1v) is 7.43. The van der Waals surface area contributed by atoms with Crippen LogP contribution >= 0.6 is 0 Å². The lowest BCUT2D eigenvalue weighted by Gasteiger charge is -2.26. The van der Waals surface area contributed by atoms with Crippen molar-refractivity contribution in [1.29, 1.82) is 0 Å². The molecule has 1 aromatic heterocycles. The van der Waals surface area contributed by atoms with Crippen LogP contribution in [0.3, 0.4) is 0 Å². The van der Waals surface area contributed by atoms with Crippen molar-refractivity contribution in [2.24, 2.45) is 0 Å². The Labute approximate surface area is 128 Å². The molecular weight excluding hydrogens is 280 g/mol. The number of carbonyl (C=O) groups excluding carboxylic acids is 2. The Kier molecular flexibility index (Phi) is 4.34. The Morgan fingerprint density at radius 3 is 2.41 bits per heavy atom. The monoisotopic (exact) mass is 298 g/mol. The van der Waals surface area contributed by atoms with E-state index < -0.39 is 6.17 Å². The molecule has 1 saturated heterocycles. The summed E-state index contributed by atoms with van der Waals surface area (Å²) in [6.45, 7) is 1.61. The van der Waals surface area contributed by atoms with Crippen LogP contribution in [-0.4, -0.2) is 35.8 Å². The average Bonchev–Trinajstić information content (AvgIpc) is 3.25. The number of likely N-dealkylation sites (tertiary alicyclic amines) is 1. The fourth-order valence-electron chi connectivity index (χ4n) is 2.69. The van der Waals surface area contributed by atoms with Gasteiger partial charge in [-0.2, -0.15) is 0 Å². The van der Waals surface area contributed by atoms with E-state index in [9.17, 15) is 9.59 Å². The van der Waals surface area contributed by atoms with Crippen LogP contribution in [0.4, 0.5) is 0 Å². The summed E-state index contributed by atoms with van der Waals surface area (Å²) in [6, 6.07) is 12.3. The zero-order valence-corrected chi connectivity index (χ0v) is 12.2. The van der Waals surface area contributed by atoms with Crippen molar-refractivity contribution < 1.29 is 14.0 Å². The van der Waals surface area contributed by atoms with Crippen molar-refractivity contribution in [2.75, 3.05) is 13.1 Å². The van der Waals surface area contributed by atoms with Gasteiger partial charge in [-0.05, 0) is 25.0 Å². The number of hydrogen-bond donors (Lipinski definition) is 1. The number of carbonyl (C=O) groups is 2. The largest absolute Gasteiger partial charge is 0.459 e. The predicted octanol–water partition coefficient (Wildman–Crippen LogP) is 2.31. The van der Waals surface area contributed by atoms with Crippen LogP contribution in [0.25, 0.3) is 0 Å². The third-order valence-corrected chi connectivity index (χ3v) is 3.83. The molecule has 1 aliphatic heterocycles. The molecule has 1 aromatic carbocycles. The maximum Gasteiger partial charge on any atom is 0.288 e. The third-order valence-electron chi connectivity index (χ3n) is 3.83. The van der Waals surface area contributed by atoms with Gasteiger partial charge in [0.2, 0.25) is 0 Å². The van der Waals surface area contributed by atoms with Gasteiger partial charge < -0.3 is 9.73 Å². The number of hydrogen-bond acceptors (Lipinski definition) is 4. The van der Waals surface area contributed by atoms with Crippen molar-refractivity contribution in [3.05, 3.63) is 60.1 Å². The van der Waals surface area contributed by atoms with Gasteiger partial charge in [-0.15, -0.1) is 0 Å². The maximum absolute atomic E-state index is 12.7. The Morgan fingerprint density at radius 1 is 1.05 bits per heavy atom. The lowest BCUT2D eigenvalue weighted by atomic mass is 10.1. The minimum atomic E-state index is -0.650. The number of benzene rings is 1. The molecule has 0 unspecified atom stereocenters. The van der Waals surface area contributed by atoms with Gasteiger partial charge in [0, 0.05) is 18.7 Å². The van der Waals surface area contributed by atoms with Crippen LogP contribution in [0.5, 0.6) is 0 Å². The molecule has 1 atom stereocenters. The molecule has 0 radical (unpaired) electrons. The van der Waals surface area contributed by atoms with Crippen molar-refractivity contribution >= 4 is 11.7 Å². The topological polar surface area (TPSA) is 62.6 Å². The number of nitrogens with one attached hydrogen (secondary N) is 1. The van der Waals surface area contributed by atoms with Gasteiger partial charge >= 0.3 is 0 Å². The summed E-state index contributed by atoms with van der Waals surface area (Å²) in [6.07, 6.45) is 2.87. The second-order valence-corrected chi connectivity index (χ2v) is 5.33. The standard InChI is InChI=1S/C17H18N2O3/c20-15(13-7-2-1-3-8-13)16(19-10-4-5-11-19)18-17(21)14-9-6-12-22-14/h1-3,6-9,12,16H,4-5,10-11H2,(H,18,21)/t16-/m0/s1. The molecule has 0 aliphatic carbocycles. The Balaban J connectivity index is 1.81. The number of furan rings is 1. The van der Waals surface area contributed by atoms with Crippen LogP contribution in [0.1, 0.15) is 33.8 Å². The highest BCUT2D eigenvalue weighted by Crippen LogP contribution is 2.15. The molecule has 1 N–H and O–H groups in total. The summed E-state index contributed by atoms with van der Waals surface area (Å²) >= 11 is 0. The van der Waals surface area contributed by atoms with Gasteiger partial charge in [-0.25, -0.2) is 0 Å². The zero-order valence-electron chi connectivity index (χ0n) is 12.2. The van der Waals surface area contributed by atoms with Gasteiger partial charge in [0.25, 0.3) is 5.91 Å². The Bertz CT molecular complexity index is 631. The molecule has 0 saturated carbocycles. The van der Waals surface area contributed by atoms with E-state index in [0.717, 1.165) is 25.9 Å². The summed E-state index contributed by atoms with van der Waals surface area (Å²) in [5.74, 6) is -0.251. The summed E-state index contributed by atoms with van der Waals surface area (Å²) < 4.78 is 5.10. The Morgan fingerprint density at radius 2 is 1.77 bits per heavy atom. The van der Waals surface area contributed by atoms with E-state index >= 15 is 0 Å². The minimum Gasteiger partial charge on any atom is -0.459 e. The third kappa shape index (κ3) is 3.09. The van der Waals surface area contributed by atoms with E-state index in [4.69, 9.17) is 4.42 Å². The molecular formula is C17H18N2O3. The van der Waals surface area contributed by atoms with Crippen LogP contribution in [0, 0.1) is 0 Å². The molecule has 114 valence electrons. The summed E-state index contributed by atoms with van der Waals surface area (Å²) in [7, 11) is 0. The van der Waals surface area contributed by atoms with Gasteiger partial charge in [0.1, 0.15) is 6.17 Å². The number of amides is 1. The van der Waals surface area contributed by atoms with E-state index in [1.807, 2.05) is 23.1 Å². The highest BCUT2D eigenvalue weighted by molar-refractivity contribution is 6.03. The van der Waals surface area contributed by atoms with E-state index in [-0.39, 0.29) is 17.5 Å². The highest BCUT2D eigenvalue weighted by Gasteiger charge is 2.31. The molecule has 2 aromatic rings. The van der Waals surface area contributed by atoms with E-state index in [0.29, 0.717) is 5.56 Å². The fraction of sp³-hybridized carbons (Fsp3) is 0.294. The van der Waals surface area contributed by atoms with E-state index in [1.54, 1.807) is 24.3 Å². The first-order valence-electron chi connectivity index (χ1n) is 7.43. The minimum absolute atomic E-state index is 0.0950. The average molecular weight is 298 g/mol. The highest BCUT2D eigenvalue weighted by atomic mass is 16.3. The second-order valence-electron chi connectivity index (χ2n) is 5.33. The number of ketones is 1. The molecule has 1 amide bonds. The van der Waals surface area contributed by atoms with Gasteiger partial charge in [0.15, 0.2) is 11.5 Å². The van der Waals surface area contributed by atoms with Crippen LogP contribution in [-0.2, 0) is 0 Å². The predicted molar refractivity (Wildman–Crippen MR) is 81.5 cm³/mol. The molecule has 0 bridgehead atoms. The summed E-state index contributed by atoms with van der Waals surface area (Å²) in [5.41, 5.74) is 0.596. The summed E-state index contributed by atoms with van der Waals surface area (Å²) in [5, 5.41) is 2.80. The molecule has 1 fully saturated rings. The van der Waals surface area contributed by atoms with Crippen LogP contribution in [0.15, 0.2) is 53.1 Å². The molecule has 1 aliphatic rings. The van der Waals surface area contributed by atoms with Gasteiger partial charge in [-0.1, -0.05) is 30.3 Å². The quantitative estimate of drug-likeness (QED) is 0.860. The first-order chi connectivity index (χ1) is 10.8. The molecule has 3 rings (SSSR count).